The highest BCUT2D eigenvalue weighted by molar-refractivity contribution is 9.10. The van der Waals surface area contributed by atoms with Crippen molar-refractivity contribution in [3.05, 3.63) is 28.2 Å². The summed E-state index contributed by atoms with van der Waals surface area (Å²) in [6.07, 6.45) is 1.55. The van der Waals surface area contributed by atoms with Crippen LogP contribution in [0, 0.1) is 11.3 Å². The molecule has 0 radical (unpaired) electrons. The number of benzene rings is 1. The van der Waals surface area contributed by atoms with Gasteiger partial charge in [0.2, 0.25) is 0 Å². The lowest BCUT2D eigenvalue weighted by Gasteiger charge is -2.32. The van der Waals surface area contributed by atoms with Crippen LogP contribution in [-0.4, -0.2) is 24.3 Å². The Balaban J connectivity index is 2.31. The number of piperidine rings is 1. The van der Waals surface area contributed by atoms with Gasteiger partial charge in [-0.1, -0.05) is 15.9 Å². The Morgan fingerprint density at radius 3 is 3.00 bits per heavy atom. The largest absolute Gasteiger partial charge is 0.391 e. The van der Waals surface area contributed by atoms with Gasteiger partial charge in [0, 0.05) is 17.6 Å². The van der Waals surface area contributed by atoms with E-state index in [4.69, 9.17) is 5.26 Å². The van der Waals surface area contributed by atoms with Gasteiger partial charge in [0.1, 0.15) is 6.07 Å². The van der Waals surface area contributed by atoms with E-state index in [1.54, 1.807) is 6.07 Å². The van der Waals surface area contributed by atoms with E-state index in [-0.39, 0.29) is 6.10 Å². The van der Waals surface area contributed by atoms with Crippen molar-refractivity contribution >= 4 is 21.6 Å². The predicted molar refractivity (Wildman–Crippen MR) is 66.3 cm³/mol. The number of rotatable bonds is 1. The van der Waals surface area contributed by atoms with E-state index < -0.39 is 0 Å². The van der Waals surface area contributed by atoms with Gasteiger partial charge < -0.3 is 10.0 Å². The van der Waals surface area contributed by atoms with Crippen LogP contribution in [0.1, 0.15) is 18.4 Å². The maximum absolute atomic E-state index is 9.64. The third-order valence-corrected chi connectivity index (χ3v) is 3.31. The van der Waals surface area contributed by atoms with Gasteiger partial charge >= 0.3 is 0 Å². The van der Waals surface area contributed by atoms with Crippen LogP contribution < -0.4 is 4.90 Å². The first-order valence-corrected chi connectivity index (χ1v) is 6.12. The van der Waals surface area contributed by atoms with Gasteiger partial charge in [-0.25, -0.2) is 0 Å². The molecule has 1 aromatic carbocycles. The van der Waals surface area contributed by atoms with Crippen molar-refractivity contribution in [3.8, 4) is 6.07 Å². The van der Waals surface area contributed by atoms with Crippen molar-refractivity contribution in [3.63, 3.8) is 0 Å². The Bertz CT molecular complexity index is 428. The number of aliphatic hydroxyl groups is 1. The zero-order valence-electron chi connectivity index (χ0n) is 8.86. The maximum atomic E-state index is 9.64. The summed E-state index contributed by atoms with van der Waals surface area (Å²) in [6.45, 7) is 1.52. The van der Waals surface area contributed by atoms with E-state index in [2.05, 4.69) is 26.9 Å². The highest BCUT2D eigenvalue weighted by Crippen LogP contribution is 2.27. The molecule has 1 aromatic rings. The summed E-state index contributed by atoms with van der Waals surface area (Å²) in [5.41, 5.74) is 1.58. The first-order valence-electron chi connectivity index (χ1n) is 5.33. The van der Waals surface area contributed by atoms with Gasteiger partial charge in [-0.3, -0.25) is 0 Å². The second-order valence-electron chi connectivity index (χ2n) is 4.02. The third kappa shape index (κ3) is 2.37. The maximum Gasteiger partial charge on any atom is 0.101 e. The second kappa shape index (κ2) is 4.86. The molecule has 0 aromatic heterocycles. The lowest BCUT2D eigenvalue weighted by atomic mass is 10.1. The van der Waals surface area contributed by atoms with Crippen molar-refractivity contribution in [2.45, 2.75) is 18.9 Å². The molecule has 1 heterocycles. The van der Waals surface area contributed by atoms with Crippen LogP contribution in [0.25, 0.3) is 0 Å². The minimum absolute atomic E-state index is 0.278. The van der Waals surface area contributed by atoms with Gasteiger partial charge in [-0.15, -0.1) is 0 Å². The Morgan fingerprint density at radius 2 is 2.31 bits per heavy atom. The summed E-state index contributed by atoms with van der Waals surface area (Å²) in [5, 5.41) is 18.7. The highest BCUT2D eigenvalue weighted by atomic mass is 79.9. The normalized spacial score (nSPS) is 20.6. The number of aliphatic hydroxyl groups excluding tert-OH is 1. The molecule has 1 fully saturated rings. The monoisotopic (exact) mass is 280 g/mol. The lowest BCUT2D eigenvalue weighted by molar-refractivity contribution is 0.154. The summed E-state index contributed by atoms with van der Waals surface area (Å²) in [4.78, 5) is 2.08. The molecule has 0 saturated carbocycles. The number of nitriles is 1. The van der Waals surface area contributed by atoms with Crippen LogP contribution in [0.4, 0.5) is 5.69 Å². The van der Waals surface area contributed by atoms with E-state index >= 15 is 0 Å². The molecule has 0 aliphatic carbocycles. The van der Waals surface area contributed by atoms with Crippen LogP contribution in [0.2, 0.25) is 0 Å². The van der Waals surface area contributed by atoms with Crippen molar-refractivity contribution < 1.29 is 5.11 Å². The fraction of sp³-hybridized carbons (Fsp3) is 0.417. The molecule has 1 aliphatic rings. The van der Waals surface area contributed by atoms with Gasteiger partial charge in [-0.2, -0.15) is 5.26 Å². The smallest absolute Gasteiger partial charge is 0.101 e. The summed E-state index contributed by atoms with van der Waals surface area (Å²) in [6, 6.07) is 7.80. The number of anilines is 1. The minimum Gasteiger partial charge on any atom is -0.391 e. The predicted octanol–water partition coefficient (Wildman–Crippen LogP) is 2.28. The standard InChI is InChI=1S/C12H13BrN2O/c13-10-4-3-9(7-14)12(6-10)15-5-1-2-11(16)8-15/h3-4,6,11,16H,1-2,5,8H2/t11-/m0/s1. The first-order chi connectivity index (χ1) is 7.70. The van der Waals surface area contributed by atoms with E-state index in [9.17, 15) is 5.11 Å². The number of nitrogens with zero attached hydrogens (tertiary/aromatic N) is 2. The molecular formula is C12H13BrN2O. The van der Waals surface area contributed by atoms with Crippen LogP contribution in [-0.2, 0) is 0 Å². The zero-order chi connectivity index (χ0) is 11.5. The van der Waals surface area contributed by atoms with Crippen molar-refractivity contribution in [1.82, 2.24) is 0 Å². The Hall–Kier alpha value is -1.05. The van der Waals surface area contributed by atoms with Gasteiger partial charge in [0.25, 0.3) is 0 Å². The van der Waals surface area contributed by atoms with E-state index in [1.807, 2.05) is 12.1 Å². The molecule has 3 nitrogen and oxygen atoms in total. The summed E-state index contributed by atoms with van der Waals surface area (Å²) >= 11 is 3.41. The van der Waals surface area contributed by atoms with Crippen molar-refractivity contribution in [2.24, 2.45) is 0 Å². The lowest BCUT2D eigenvalue weighted by Crippen LogP contribution is -2.38. The second-order valence-corrected chi connectivity index (χ2v) is 4.93. The molecule has 1 aliphatic heterocycles. The molecule has 0 spiro atoms. The van der Waals surface area contributed by atoms with E-state index in [0.717, 1.165) is 29.5 Å². The Morgan fingerprint density at radius 1 is 1.50 bits per heavy atom. The molecule has 1 N–H and O–H groups in total. The van der Waals surface area contributed by atoms with Gasteiger partial charge in [-0.05, 0) is 31.0 Å². The molecule has 2 rings (SSSR count). The SMILES string of the molecule is N#Cc1ccc(Br)cc1N1CCC[C@H](O)C1. The van der Waals surface area contributed by atoms with Crippen LogP contribution in [0.15, 0.2) is 22.7 Å². The molecule has 84 valence electrons. The Kier molecular flexibility index (Phi) is 3.47. The van der Waals surface area contributed by atoms with Crippen molar-refractivity contribution in [2.75, 3.05) is 18.0 Å². The quantitative estimate of drug-likeness (QED) is 0.859. The van der Waals surface area contributed by atoms with E-state index in [0.29, 0.717) is 12.1 Å². The van der Waals surface area contributed by atoms with Crippen LogP contribution in [0.3, 0.4) is 0 Å². The van der Waals surface area contributed by atoms with Gasteiger partial charge in [0.05, 0.1) is 17.4 Å². The molecule has 0 bridgehead atoms. The summed E-state index contributed by atoms with van der Waals surface area (Å²) < 4.78 is 0.960. The molecule has 1 saturated heterocycles. The van der Waals surface area contributed by atoms with Gasteiger partial charge in [0.15, 0.2) is 0 Å². The number of β-amino-alcohol motifs (C(OH)–C–C–N with tert-alkyl or cyclic N) is 1. The first kappa shape index (κ1) is 11.4. The van der Waals surface area contributed by atoms with Crippen molar-refractivity contribution in [1.29, 1.82) is 5.26 Å². The molecule has 0 unspecified atom stereocenters. The Labute approximate surface area is 103 Å². The zero-order valence-corrected chi connectivity index (χ0v) is 10.4. The molecule has 0 amide bonds. The molecule has 16 heavy (non-hydrogen) atoms. The highest BCUT2D eigenvalue weighted by Gasteiger charge is 2.20. The molecule has 4 heteroatoms. The van der Waals surface area contributed by atoms with Crippen LogP contribution in [0.5, 0.6) is 0 Å². The number of hydrogen-bond acceptors (Lipinski definition) is 3. The molecule has 1 atom stereocenters. The average molecular weight is 281 g/mol. The molecular weight excluding hydrogens is 268 g/mol. The summed E-state index contributed by atoms with van der Waals surface area (Å²) in [5.74, 6) is 0. The van der Waals surface area contributed by atoms with Crippen LogP contribution >= 0.6 is 15.9 Å². The number of hydrogen-bond donors (Lipinski definition) is 1. The number of halogens is 1. The third-order valence-electron chi connectivity index (χ3n) is 2.82. The topological polar surface area (TPSA) is 47.3 Å². The van der Waals surface area contributed by atoms with E-state index in [1.165, 1.54) is 0 Å². The average Bonchev–Trinajstić information content (AvgIpc) is 2.29. The fourth-order valence-electron chi connectivity index (χ4n) is 2.03. The summed E-state index contributed by atoms with van der Waals surface area (Å²) in [7, 11) is 0. The fourth-order valence-corrected chi connectivity index (χ4v) is 2.38. The minimum atomic E-state index is -0.278.